The molecule has 0 bridgehead atoms. The number of allylic oxidation sites excluding steroid dienone is 3. The van der Waals surface area contributed by atoms with Crippen LogP contribution in [0.5, 0.6) is 0 Å². The number of rotatable bonds is 18. The lowest BCUT2D eigenvalue weighted by Crippen LogP contribution is -2.62. The predicted octanol–water partition coefficient (Wildman–Crippen LogP) is 9.53. The molecule has 0 unspecified atom stereocenters. The van der Waals surface area contributed by atoms with Crippen LogP contribution in [0, 0.1) is 29.6 Å². The summed E-state index contributed by atoms with van der Waals surface area (Å²) in [6.07, 6.45) is 10.2. The third kappa shape index (κ3) is 12.8. The summed E-state index contributed by atoms with van der Waals surface area (Å²) >= 11 is 0. The highest BCUT2D eigenvalue weighted by Crippen LogP contribution is 2.43. The van der Waals surface area contributed by atoms with E-state index < -0.39 is 46.4 Å². The van der Waals surface area contributed by atoms with Crippen molar-refractivity contribution < 1.29 is 29.0 Å². The number of aliphatic hydroxyl groups excluding tert-OH is 1. The second kappa shape index (κ2) is 17.8. The number of hydrogen-bond donors (Lipinski definition) is 4. The zero-order valence-corrected chi connectivity index (χ0v) is 34.2. The van der Waals surface area contributed by atoms with Gasteiger partial charge in [0.25, 0.3) is 0 Å². The first-order valence-corrected chi connectivity index (χ1v) is 22.8. The molecule has 9 heteroatoms. The van der Waals surface area contributed by atoms with Gasteiger partial charge < -0.3 is 24.2 Å². The minimum absolute atomic E-state index is 0.00318. The molecule has 0 radical (unpaired) electrons. The van der Waals surface area contributed by atoms with Gasteiger partial charge in [-0.05, 0) is 67.4 Å². The third-order valence-corrected chi connectivity index (χ3v) is 19.5. The zero-order chi connectivity index (χ0) is 36.5. The van der Waals surface area contributed by atoms with Crippen LogP contribution in [-0.4, -0.2) is 62.6 Å². The number of hydrogen-bond acceptors (Lipinski definition) is 5. The van der Waals surface area contributed by atoms with Crippen molar-refractivity contribution in [2.24, 2.45) is 29.6 Å². The second-order valence-corrected chi connectivity index (χ2v) is 26.2. The van der Waals surface area contributed by atoms with E-state index >= 15 is 0 Å². The normalized spacial score (nSPS) is 20.1. The summed E-state index contributed by atoms with van der Waals surface area (Å²) in [5.41, 5.74) is -0.582. The predicted molar refractivity (Wildman–Crippen MR) is 200 cm³/mol. The molecule has 46 heavy (non-hydrogen) atoms. The van der Waals surface area contributed by atoms with E-state index in [1.165, 1.54) is 5.57 Å². The lowest BCUT2D eigenvalue weighted by atomic mass is 9.77. The Kier molecular flexibility index (Phi) is 17.2. The third-order valence-electron chi connectivity index (χ3n) is 10.5. The highest BCUT2D eigenvalue weighted by molar-refractivity contribution is 6.74. The van der Waals surface area contributed by atoms with Crippen molar-refractivity contribution in [3.8, 4) is 0 Å². The van der Waals surface area contributed by atoms with E-state index in [9.17, 15) is 20.1 Å². The van der Waals surface area contributed by atoms with Crippen LogP contribution in [-0.2, 0) is 8.85 Å². The number of nitrogens with one attached hydrogen (secondary N) is 1. The van der Waals surface area contributed by atoms with Gasteiger partial charge in [-0.15, -0.1) is 0 Å². The maximum atomic E-state index is 12.0. The highest BCUT2D eigenvalue weighted by Gasteiger charge is 2.49. The van der Waals surface area contributed by atoms with Gasteiger partial charge in [0.15, 0.2) is 22.4 Å². The van der Waals surface area contributed by atoms with Crippen LogP contribution < -0.4 is 5.32 Å². The van der Waals surface area contributed by atoms with Crippen molar-refractivity contribution in [3.63, 3.8) is 0 Å². The van der Waals surface area contributed by atoms with Crippen molar-refractivity contribution in [1.82, 2.24) is 5.32 Å². The van der Waals surface area contributed by atoms with E-state index in [1.54, 1.807) is 24.3 Å². The van der Waals surface area contributed by atoms with E-state index in [2.05, 4.69) is 113 Å². The van der Waals surface area contributed by atoms with Crippen LogP contribution in [0.4, 0.5) is 4.79 Å². The Balaban J connectivity index is 6.76. The molecule has 0 aliphatic carbocycles. The minimum Gasteiger partial charge on any atom is -0.465 e. The summed E-state index contributed by atoms with van der Waals surface area (Å²) < 4.78 is 14.1. The standard InChI is InChI=1S/C37H71NO6Si2/c1-18-19-22-30(6)37(42,38-34(40)41)31(7)33(44-46(16,17)36(11,12)13)29(5)25-26(2)24-28(4)32(27(3)21-20-23-39)43-45(14,15)35(8,9)10/h18-22,24,27-33,38-39,42H,1,23,25H2,2-17H3,(H,40,41)/b21-20-,22-19-,26-24-/t27-,28-,29-,30-,31+,32-,33+,37-/m0/s1. The Bertz CT molecular complexity index is 1060. The van der Waals surface area contributed by atoms with Crippen LogP contribution in [0.25, 0.3) is 0 Å². The van der Waals surface area contributed by atoms with Gasteiger partial charge in [0.1, 0.15) is 0 Å². The topological polar surface area (TPSA) is 108 Å². The van der Waals surface area contributed by atoms with Crippen LogP contribution in [0.15, 0.2) is 48.6 Å². The monoisotopic (exact) mass is 681 g/mol. The van der Waals surface area contributed by atoms with Gasteiger partial charge in [-0.1, -0.05) is 125 Å². The largest absolute Gasteiger partial charge is 0.465 e. The molecule has 0 rings (SSSR count). The summed E-state index contributed by atoms with van der Waals surface area (Å²) in [5, 5.41) is 33.7. The first-order valence-electron chi connectivity index (χ1n) is 17.0. The molecule has 8 atom stereocenters. The Hall–Kier alpha value is -1.50. The van der Waals surface area contributed by atoms with Gasteiger partial charge in [0, 0.05) is 11.8 Å². The first kappa shape index (κ1) is 44.5. The molecular weight excluding hydrogens is 611 g/mol. The van der Waals surface area contributed by atoms with Crippen molar-refractivity contribution in [3.05, 3.63) is 48.6 Å². The average Bonchev–Trinajstić information content (AvgIpc) is 2.89. The van der Waals surface area contributed by atoms with Gasteiger partial charge in [0.2, 0.25) is 0 Å². The van der Waals surface area contributed by atoms with Gasteiger partial charge in [0.05, 0.1) is 18.8 Å². The molecule has 268 valence electrons. The minimum atomic E-state index is -2.33. The molecule has 0 aliphatic rings. The maximum absolute atomic E-state index is 12.0. The highest BCUT2D eigenvalue weighted by atomic mass is 28.4. The molecule has 0 aromatic carbocycles. The fourth-order valence-electron chi connectivity index (χ4n) is 5.52. The molecule has 0 aliphatic heterocycles. The molecule has 4 N–H and O–H groups in total. The van der Waals surface area contributed by atoms with Gasteiger partial charge in [-0.2, -0.15) is 0 Å². The number of carboxylic acid groups (broad SMARTS) is 1. The van der Waals surface area contributed by atoms with E-state index in [-0.39, 0.29) is 40.5 Å². The summed E-state index contributed by atoms with van der Waals surface area (Å²) in [4.78, 5) is 12.0. The molecule has 0 fully saturated rings. The molecule has 7 nitrogen and oxygen atoms in total. The number of aliphatic hydroxyl groups is 2. The Morgan fingerprint density at radius 2 is 1.35 bits per heavy atom. The Labute approximate surface area is 284 Å². The summed E-state index contributed by atoms with van der Waals surface area (Å²) in [5.74, 6) is -0.925. The van der Waals surface area contributed by atoms with E-state index in [4.69, 9.17) is 8.85 Å². The van der Waals surface area contributed by atoms with Crippen molar-refractivity contribution in [2.75, 3.05) is 6.61 Å². The van der Waals surface area contributed by atoms with E-state index in [0.29, 0.717) is 6.42 Å². The van der Waals surface area contributed by atoms with Crippen LogP contribution in [0.3, 0.4) is 0 Å². The molecule has 0 aromatic rings. The van der Waals surface area contributed by atoms with Gasteiger partial charge in [-0.3, -0.25) is 5.32 Å². The molecule has 0 saturated carbocycles. The second-order valence-electron chi connectivity index (χ2n) is 16.7. The molecule has 0 spiro atoms. The Morgan fingerprint density at radius 1 is 0.870 bits per heavy atom. The van der Waals surface area contributed by atoms with Crippen LogP contribution >= 0.6 is 0 Å². The molecular formula is C37H71NO6Si2. The fourth-order valence-corrected chi connectivity index (χ4v) is 8.45. The molecule has 1 amide bonds. The smallest absolute Gasteiger partial charge is 0.406 e. The van der Waals surface area contributed by atoms with Gasteiger partial charge >= 0.3 is 6.09 Å². The van der Waals surface area contributed by atoms with Crippen LogP contribution in [0.1, 0.15) is 89.5 Å². The van der Waals surface area contributed by atoms with Crippen molar-refractivity contribution in [2.45, 2.75) is 144 Å². The van der Waals surface area contributed by atoms with Crippen LogP contribution in [0.2, 0.25) is 36.3 Å². The van der Waals surface area contributed by atoms with Gasteiger partial charge in [-0.25, -0.2) is 4.79 Å². The lowest BCUT2D eigenvalue weighted by molar-refractivity contribution is -0.112. The number of carbonyl (C=O) groups is 1. The summed E-state index contributed by atoms with van der Waals surface area (Å²) in [6, 6.07) is 0. The number of amides is 1. The Morgan fingerprint density at radius 3 is 1.76 bits per heavy atom. The molecule has 0 heterocycles. The van der Waals surface area contributed by atoms with E-state index in [1.807, 2.05) is 19.9 Å². The summed E-state index contributed by atoms with van der Waals surface area (Å²) in [7, 11) is -4.41. The lowest BCUT2D eigenvalue weighted by Gasteiger charge is -2.48. The first-order chi connectivity index (χ1) is 20.7. The van der Waals surface area contributed by atoms with Crippen molar-refractivity contribution >= 4 is 22.7 Å². The van der Waals surface area contributed by atoms with E-state index in [0.717, 1.165) is 0 Å². The average molecular weight is 682 g/mol. The quantitative estimate of drug-likeness (QED) is 0.0497. The fraction of sp³-hybridized carbons (Fsp3) is 0.757. The van der Waals surface area contributed by atoms with Crippen molar-refractivity contribution in [1.29, 1.82) is 0 Å². The molecule has 0 saturated heterocycles. The molecule has 0 aromatic heterocycles. The SMILES string of the molecule is C=C/C=C\[C@H](C)[C@@](O)(NC(=O)O)[C@H](C)[C@H](O[Si](C)(C)C(C)(C)C)[C@@H](C)C/C(C)=C\[C@H](C)[C@@H](O[Si](C)(C)C(C)(C)C)[C@@H](C)/C=C\CO. The zero-order valence-electron chi connectivity index (χ0n) is 32.2. The summed E-state index contributed by atoms with van der Waals surface area (Å²) in [6.45, 7) is 38.3. The maximum Gasteiger partial charge on any atom is 0.406 e.